The molecule has 94 valence electrons. The predicted octanol–water partition coefficient (Wildman–Crippen LogP) is 4.09. The summed E-state index contributed by atoms with van der Waals surface area (Å²) in [6, 6.07) is 12.0. The third kappa shape index (κ3) is 2.60. The molecule has 0 atom stereocenters. The summed E-state index contributed by atoms with van der Waals surface area (Å²) in [6.45, 7) is 8.24. The standard InChI is InChI=1S/C16H18OS/c1-11-5-7-15(9-13(11)3)18(17)16-8-6-12(2)14(4)10-16/h5-10H,1-4H3. The van der Waals surface area contributed by atoms with Crippen LogP contribution >= 0.6 is 0 Å². The smallest absolute Gasteiger partial charge is 0.158 e. The Morgan fingerprint density at radius 1 is 0.667 bits per heavy atom. The maximum atomic E-state index is 12.5. The lowest BCUT2D eigenvalue weighted by atomic mass is 10.1. The normalized spacial score (nSPS) is 11.0. The zero-order valence-electron chi connectivity index (χ0n) is 11.3. The van der Waals surface area contributed by atoms with Gasteiger partial charge in [-0.2, -0.15) is 0 Å². The van der Waals surface area contributed by atoms with Crippen LogP contribution in [0.25, 0.3) is 0 Å². The average molecular weight is 258 g/mol. The third-order valence-electron chi connectivity index (χ3n) is 3.38. The fourth-order valence-electron chi connectivity index (χ4n) is 1.79. The van der Waals surface area contributed by atoms with E-state index in [-0.39, 0.29) is 0 Å². The van der Waals surface area contributed by atoms with Gasteiger partial charge in [0.25, 0.3) is 0 Å². The molecule has 0 aliphatic heterocycles. The Kier molecular flexibility index (Phi) is 3.79. The van der Waals surface area contributed by atoms with Gasteiger partial charge in [0, 0.05) is 11.2 Å². The topological polar surface area (TPSA) is 23.1 Å². The number of benzene rings is 2. The van der Waals surface area contributed by atoms with Gasteiger partial charge in [0.15, 0.2) is 9.79 Å². The molecule has 0 bridgehead atoms. The minimum Gasteiger partial charge on any atom is -0.606 e. The van der Waals surface area contributed by atoms with Crippen molar-refractivity contribution in [2.45, 2.75) is 37.5 Å². The SMILES string of the molecule is Cc1ccc([S+]([O-])c2ccc(C)c(C)c2)cc1C. The van der Waals surface area contributed by atoms with Gasteiger partial charge in [-0.05, 0) is 74.2 Å². The van der Waals surface area contributed by atoms with E-state index in [1.165, 1.54) is 22.3 Å². The van der Waals surface area contributed by atoms with Gasteiger partial charge in [0.1, 0.15) is 0 Å². The molecular weight excluding hydrogens is 240 g/mol. The Labute approximate surface area is 112 Å². The van der Waals surface area contributed by atoms with Gasteiger partial charge >= 0.3 is 0 Å². The molecule has 18 heavy (non-hydrogen) atoms. The molecule has 1 nitrogen and oxygen atoms in total. The molecule has 0 saturated heterocycles. The number of hydrogen-bond acceptors (Lipinski definition) is 1. The van der Waals surface area contributed by atoms with Crippen LogP contribution < -0.4 is 0 Å². The molecule has 2 heteroatoms. The zero-order chi connectivity index (χ0) is 13.3. The molecule has 2 aromatic carbocycles. The lowest BCUT2D eigenvalue weighted by Crippen LogP contribution is -2.03. The maximum absolute atomic E-state index is 12.5. The summed E-state index contributed by atoms with van der Waals surface area (Å²) in [5.74, 6) is 0. The van der Waals surface area contributed by atoms with Crippen LogP contribution in [0.2, 0.25) is 0 Å². The highest BCUT2D eigenvalue weighted by Gasteiger charge is 2.15. The minimum atomic E-state index is -1.08. The summed E-state index contributed by atoms with van der Waals surface area (Å²) in [4.78, 5) is 1.75. The summed E-state index contributed by atoms with van der Waals surface area (Å²) in [5, 5.41) is 0. The van der Waals surface area contributed by atoms with Gasteiger partial charge in [-0.15, -0.1) is 0 Å². The molecule has 0 unspecified atom stereocenters. The molecule has 0 fully saturated rings. The van der Waals surface area contributed by atoms with Crippen molar-refractivity contribution >= 4 is 11.2 Å². The first-order valence-corrected chi connectivity index (χ1v) is 7.20. The van der Waals surface area contributed by atoms with Crippen molar-refractivity contribution in [2.75, 3.05) is 0 Å². The van der Waals surface area contributed by atoms with Crippen molar-refractivity contribution in [2.24, 2.45) is 0 Å². The van der Waals surface area contributed by atoms with Crippen LogP contribution in [-0.4, -0.2) is 4.55 Å². The Morgan fingerprint density at radius 2 is 1.06 bits per heavy atom. The van der Waals surface area contributed by atoms with E-state index in [9.17, 15) is 4.55 Å². The molecule has 0 radical (unpaired) electrons. The second-order valence-electron chi connectivity index (χ2n) is 4.76. The first kappa shape index (κ1) is 13.2. The van der Waals surface area contributed by atoms with E-state index in [0.29, 0.717) is 0 Å². The monoisotopic (exact) mass is 258 g/mol. The van der Waals surface area contributed by atoms with Crippen LogP contribution in [0.1, 0.15) is 22.3 Å². The highest BCUT2D eigenvalue weighted by molar-refractivity contribution is 7.91. The molecule has 0 amide bonds. The van der Waals surface area contributed by atoms with Crippen LogP contribution in [0.15, 0.2) is 46.2 Å². The Hall–Kier alpha value is -1.25. The quantitative estimate of drug-likeness (QED) is 0.744. The maximum Gasteiger partial charge on any atom is 0.158 e. The highest BCUT2D eigenvalue weighted by Crippen LogP contribution is 2.24. The van der Waals surface area contributed by atoms with E-state index >= 15 is 0 Å². The van der Waals surface area contributed by atoms with Crippen LogP contribution in [0.3, 0.4) is 0 Å². The third-order valence-corrected chi connectivity index (χ3v) is 4.75. The van der Waals surface area contributed by atoms with Crippen molar-refractivity contribution in [3.8, 4) is 0 Å². The average Bonchev–Trinajstić information content (AvgIpc) is 2.35. The van der Waals surface area contributed by atoms with Crippen LogP contribution in [0, 0.1) is 27.7 Å². The second-order valence-corrected chi connectivity index (χ2v) is 6.24. The lowest BCUT2D eigenvalue weighted by Gasteiger charge is -2.12. The molecule has 0 aliphatic rings. The Morgan fingerprint density at radius 3 is 1.39 bits per heavy atom. The van der Waals surface area contributed by atoms with Crippen molar-refractivity contribution in [3.63, 3.8) is 0 Å². The van der Waals surface area contributed by atoms with E-state index in [1.807, 2.05) is 36.4 Å². The lowest BCUT2D eigenvalue weighted by molar-refractivity contribution is 0.595. The molecule has 2 rings (SSSR count). The highest BCUT2D eigenvalue weighted by atomic mass is 32.2. The summed E-state index contributed by atoms with van der Waals surface area (Å²) in [7, 11) is 0. The van der Waals surface area contributed by atoms with Crippen LogP contribution in [-0.2, 0) is 11.2 Å². The summed E-state index contributed by atoms with van der Waals surface area (Å²) < 4.78 is 12.5. The van der Waals surface area contributed by atoms with Crippen molar-refractivity contribution in [3.05, 3.63) is 58.7 Å². The molecule has 0 saturated carbocycles. The van der Waals surface area contributed by atoms with Crippen molar-refractivity contribution in [1.82, 2.24) is 0 Å². The molecule has 0 aliphatic carbocycles. The van der Waals surface area contributed by atoms with E-state index in [4.69, 9.17) is 0 Å². The van der Waals surface area contributed by atoms with Gasteiger partial charge in [-0.1, -0.05) is 12.1 Å². The summed E-state index contributed by atoms with van der Waals surface area (Å²) in [5.41, 5.74) is 4.83. The second kappa shape index (κ2) is 5.17. The predicted molar refractivity (Wildman–Crippen MR) is 76.5 cm³/mol. The largest absolute Gasteiger partial charge is 0.606 e. The molecule has 0 heterocycles. The van der Waals surface area contributed by atoms with E-state index < -0.39 is 11.2 Å². The Balaban J connectivity index is 2.37. The van der Waals surface area contributed by atoms with E-state index in [2.05, 4.69) is 27.7 Å². The van der Waals surface area contributed by atoms with Crippen LogP contribution in [0.4, 0.5) is 0 Å². The van der Waals surface area contributed by atoms with Crippen molar-refractivity contribution < 1.29 is 4.55 Å². The summed E-state index contributed by atoms with van der Waals surface area (Å²) >= 11 is -1.08. The van der Waals surface area contributed by atoms with Gasteiger partial charge in [-0.3, -0.25) is 0 Å². The van der Waals surface area contributed by atoms with Gasteiger partial charge in [0.05, 0.1) is 0 Å². The number of aryl methyl sites for hydroxylation is 4. The molecule has 0 N–H and O–H groups in total. The van der Waals surface area contributed by atoms with Gasteiger partial charge < -0.3 is 4.55 Å². The van der Waals surface area contributed by atoms with E-state index in [1.54, 1.807) is 0 Å². The fraction of sp³-hybridized carbons (Fsp3) is 0.250. The fourth-order valence-corrected chi connectivity index (χ4v) is 3.02. The van der Waals surface area contributed by atoms with Crippen LogP contribution in [0.5, 0.6) is 0 Å². The van der Waals surface area contributed by atoms with Crippen molar-refractivity contribution in [1.29, 1.82) is 0 Å². The molecule has 2 aromatic rings. The Bertz CT molecular complexity index is 524. The number of hydrogen-bond donors (Lipinski definition) is 0. The summed E-state index contributed by atoms with van der Waals surface area (Å²) in [6.07, 6.45) is 0. The molecule has 0 spiro atoms. The minimum absolute atomic E-state index is 0.876. The zero-order valence-corrected chi connectivity index (χ0v) is 12.1. The first-order chi connectivity index (χ1) is 8.49. The van der Waals surface area contributed by atoms with E-state index in [0.717, 1.165) is 9.79 Å². The van der Waals surface area contributed by atoms with Gasteiger partial charge in [-0.25, -0.2) is 0 Å². The first-order valence-electron chi connectivity index (χ1n) is 6.05. The van der Waals surface area contributed by atoms with Gasteiger partial charge in [0.2, 0.25) is 0 Å². The molecule has 0 aromatic heterocycles. The number of rotatable bonds is 2. The molecular formula is C16H18OS.